The van der Waals surface area contributed by atoms with Crippen molar-refractivity contribution in [1.82, 2.24) is 0 Å². The average molecular weight is 405 g/mol. The van der Waals surface area contributed by atoms with Gasteiger partial charge in [-0.1, -0.05) is 56.9 Å². The van der Waals surface area contributed by atoms with Gasteiger partial charge in [-0.3, -0.25) is 0 Å². The number of aromatic hydroxyl groups is 1. The second-order valence-corrected chi connectivity index (χ2v) is 15.2. The van der Waals surface area contributed by atoms with E-state index < -0.39 is 8.07 Å². The summed E-state index contributed by atoms with van der Waals surface area (Å²) < 4.78 is 6.52. The van der Waals surface area contributed by atoms with Crippen LogP contribution in [0.15, 0.2) is 12.1 Å². The SMILES string of the molecule is CCCCCC[Si](C)(C)c1cc(O)c2c(c1)OC(C)(C)[C@@H]1CC[C@@H](CO)C[C@@H]21. The Kier molecular flexibility index (Phi) is 6.50. The Bertz CT molecular complexity index is 683. The summed E-state index contributed by atoms with van der Waals surface area (Å²) in [6.45, 7) is 11.7. The van der Waals surface area contributed by atoms with E-state index in [9.17, 15) is 10.2 Å². The zero-order chi connectivity index (χ0) is 20.5. The average Bonchev–Trinajstić information content (AvgIpc) is 2.63. The minimum absolute atomic E-state index is 0.226. The molecule has 1 fully saturated rings. The fourth-order valence-electron chi connectivity index (χ4n) is 5.53. The molecule has 0 spiro atoms. The molecule has 3 nitrogen and oxygen atoms in total. The molecule has 1 aliphatic heterocycles. The van der Waals surface area contributed by atoms with Crippen molar-refractivity contribution < 1.29 is 14.9 Å². The highest BCUT2D eigenvalue weighted by Crippen LogP contribution is 2.55. The molecule has 3 rings (SSSR count). The van der Waals surface area contributed by atoms with E-state index >= 15 is 0 Å². The number of hydrogen-bond acceptors (Lipinski definition) is 3. The van der Waals surface area contributed by atoms with E-state index in [2.05, 4.69) is 39.9 Å². The lowest BCUT2D eigenvalue weighted by Gasteiger charge is -2.49. The number of unbranched alkanes of at least 4 members (excludes halogenated alkanes) is 3. The van der Waals surface area contributed by atoms with Gasteiger partial charge in [-0.2, -0.15) is 0 Å². The molecule has 1 aliphatic carbocycles. The van der Waals surface area contributed by atoms with Crippen LogP contribution in [0, 0.1) is 11.8 Å². The van der Waals surface area contributed by atoms with Gasteiger partial charge in [0.05, 0.1) is 8.07 Å². The van der Waals surface area contributed by atoms with Crippen LogP contribution in [-0.4, -0.2) is 30.5 Å². The maximum Gasteiger partial charge on any atom is 0.127 e. The van der Waals surface area contributed by atoms with Crippen molar-refractivity contribution in [2.75, 3.05) is 6.61 Å². The molecule has 158 valence electrons. The van der Waals surface area contributed by atoms with E-state index in [4.69, 9.17) is 4.74 Å². The number of fused-ring (bicyclic) bond motifs is 3. The molecule has 1 saturated carbocycles. The van der Waals surface area contributed by atoms with Crippen molar-refractivity contribution in [1.29, 1.82) is 0 Å². The summed E-state index contributed by atoms with van der Waals surface area (Å²) in [7, 11) is -1.61. The predicted molar refractivity (Wildman–Crippen MR) is 120 cm³/mol. The Morgan fingerprint density at radius 2 is 1.89 bits per heavy atom. The first kappa shape index (κ1) is 21.7. The lowest BCUT2D eigenvalue weighted by atomic mass is 9.64. The summed E-state index contributed by atoms with van der Waals surface area (Å²) in [6.07, 6.45) is 8.22. The van der Waals surface area contributed by atoms with Crippen LogP contribution in [0.2, 0.25) is 19.1 Å². The molecule has 28 heavy (non-hydrogen) atoms. The smallest absolute Gasteiger partial charge is 0.127 e. The Morgan fingerprint density at radius 3 is 2.57 bits per heavy atom. The maximum absolute atomic E-state index is 11.1. The van der Waals surface area contributed by atoms with Crippen LogP contribution in [0.25, 0.3) is 0 Å². The monoisotopic (exact) mass is 404 g/mol. The van der Waals surface area contributed by atoms with E-state index in [1.165, 1.54) is 36.9 Å². The number of phenolic OH excluding ortho intramolecular Hbond substituents is 1. The van der Waals surface area contributed by atoms with Crippen molar-refractivity contribution >= 4 is 13.3 Å². The number of rotatable bonds is 7. The van der Waals surface area contributed by atoms with E-state index in [1.54, 1.807) is 0 Å². The number of phenols is 1. The zero-order valence-electron chi connectivity index (χ0n) is 18.6. The first-order valence-electron chi connectivity index (χ1n) is 11.4. The Hall–Kier alpha value is -1.00. The van der Waals surface area contributed by atoms with Gasteiger partial charge in [0.2, 0.25) is 0 Å². The van der Waals surface area contributed by atoms with Crippen molar-refractivity contribution in [3.05, 3.63) is 17.7 Å². The molecule has 0 radical (unpaired) electrons. The number of aliphatic hydroxyl groups is 1. The zero-order valence-corrected chi connectivity index (χ0v) is 19.6. The van der Waals surface area contributed by atoms with Gasteiger partial charge < -0.3 is 14.9 Å². The van der Waals surface area contributed by atoms with Crippen LogP contribution in [0.5, 0.6) is 11.5 Å². The van der Waals surface area contributed by atoms with Crippen LogP contribution in [0.3, 0.4) is 0 Å². The van der Waals surface area contributed by atoms with Crippen molar-refractivity contribution in [3.63, 3.8) is 0 Å². The molecule has 0 bridgehead atoms. The third-order valence-electron chi connectivity index (χ3n) is 7.41. The van der Waals surface area contributed by atoms with Crippen LogP contribution >= 0.6 is 0 Å². The molecule has 0 unspecified atom stereocenters. The van der Waals surface area contributed by atoms with Crippen molar-refractivity contribution in [2.24, 2.45) is 11.8 Å². The van der Waals surface area contributed by atoms with Gasteiger partial charge in [0.15, 0.2) is 0 Å². The predicted octanol–water partition coefficient (Wildman–Crippen LogP) is 5.55. The molecule has 4 heteroatoms. The lowest BCUT2D eigenvalue weighted by Crippen LogP contribution is -2.48. The molecular weight excluding hydrogens is 364 g/mol. The van der Waals surface area contributed by atoms with Gasteiger partial charge in [0.1, 0.15) is 17.1 Å². The Morgan fingerprint density at radius 1 is 1.14 bits per heavy atom. The topological polar surface area (TPSA) is 49.7 Å². The van der Waals surface area contributed by atoms with Crippen LogP contribution < -0.4 is 9.92 Å². The van der Waals surface area contributed by atoms with Gasteiger partial charge in [-0.05, 0) is 57.1 Å². The molecule has 0 amide bonds. The van der Waals surface area contributed by atoms with Gasteiger partial charge >= 0.3 is 0 Å². The van der Waals surface area contributed by atoms with E-state index in [1.807, 2.05) is 6.07 Å². The lowest BCUT2D eigenvalue weighted by molar-refractivity contribution is -0.0209. The molecule has 3 atom stereocenters. The summed E-state index contributed by atoms with van der Waals surface area (Å²) in [5, 5.41) is 22.1. The minimum atomic E-state index is -1.61. The van der Waals surface area contributed by atoms with E-state index in [0.717, 1.165) is 30.6 Å². The normalized spacial score (nSPS) is 26.3. The molecule has 1 aromatic carbocycles. The second-order valence-electron chi connectivity index (χ2n) is 10.4. The highest BCUT2D eigenvalue weighted by molar-refractivity contribution is 6.89. The van der Waals surface area contributed by atoms with Gasteiger partial charge in [-0.25, -0.2) is 0 Å². The number of ether oxygens (including phenoxy) is 1. The summed E-state index contributed by atoms with van der Waals surface area (Å²) in [4.78, 5) is 0. The molecule has 0 saturated heterocycles. The van der Waals surface area contributed by atoms with Gasteiger partial charge in [-0.15, -0.1) is 0 Å². The standard InChI is InChI=1S/C24H40O3Si/c1-6-7-8-9-12-28(4,5)18-14-21(26)23-19-13-17(16-25)10-11-20(19)24(2,3)27-22(23)15-18/h14-15,17,19-20,25-26H,6-13,16H2,1-5H3/t17-,19-,20-/m1/s1. The third kappa shape index (κ3) is 4.28. The number of benzene rings is 1. The fourth-order valence-corrected chi connectivity index (χ4v) is 8.00. The molecular formula is C24H40O3Si. The van der Waals surface area contributed by atoms with E-state index in [-0.39, 0.29) is 18.1 Å². The highest BCUT2D eigenvalue weighted by Gasteiger charge is 2.47. The molecule has 2 aliphatic rings. The van der Waals surface area contributed by atoms with Gasteiger partial charge in [0, 0.05) is 18.1 Å². The van der Waals surface area contributed by atoms with Gasteiger partial charge in [0.25, 0.3) is 0 Å². The first-order chi connectivity index (χ1) is 13.2. The van der Waals surface area contributed by atoms with E-state index in [0.29, 0.717) is 17.6 Å². The van der Waals surface area contributed by atoms with Crippen molar-refractivity contribution in [2.45, 2.75) is 96.4 Å². The van der Waals surface area contributed by atoms with Crippen molar-refractivity contribution in [3.8, 4) is 11.5 Å². The van der Waals surface area contributed by atoms with Crippen LogP contribution in [-0.2, 0) is 0 Å². The molecule has 2 N–H and O–H groups in total. The quantitative estimate of drug-likeness (QED) is 0.462. The molecule has 0 aromatic heterocycles. The summed E-state index contributed by atoms with van der Waals surface area (Å²) in [6, 6.07) is 5.56. The Labute approximate surface area is 172 Å². The Balaban J connectivity index is 1.91. The summed E-state index contributed by atoms with van der Waals surface area (Å²) in [5.41, 5.74) is 0.776. The second kappa shape index (κ2) is 8.39. The highest BCUT2D eigenvalue weighted by atomic mass is 28.3. The first-order valence-corrected chi connectivity index (χ1v) is 14.6. The summed E-state index contributed by atoms with van der Waals surface area (Å²) in [5.74, 6) is 2.35. The maximum atomic E-state index is 11.1. The third-order valence-corrected chi connectivity index (χ3v) is 10.9. The molecule has 1 aromatic rings. The van der Waals surface area contributed by atoms with Crippen LogP contribution in [0.1, 0.15) is 77.2 Å². The number of hydrogen-bond donors (Lipinski definition) is 2. The fraction of sp³-hybridized carbons (Fsp3) is 0.750. The molecule has 1 heterocycles. The summed E-state index contributed by atoms with van der Waals surface area (Å²) >= 11 is 0. The van der Waals surface area contributed by atoms with Crippen LogP contribution in [0.4, 0.5) is 0 Å². The minimum Gasteiger partial charge on any atom is -0.508 e. The number of aliphatic hydroxyl groups excluding tert-OH is 1. The largest absolute Gasteiger partial charge is 0.508 e.